The Kier molecular flexibility index (Phi) is 3.63. The number of carbonyl (C=O) groups is 1. The van der Waals surface area contributed by atoms with Crippen LogP contribution < -0.4 is 5.32 Å². The van der Waals surface area contributed by atoms with Crippen LogP contribution in [0, 0.1) is 5.92 Å². The first-order valence-electron chi connectivity index (χ1n) is 6.42. The molecule has 17 heavy (non-hydrogen) atoms. The van der Waals surface area contributed by atoms with Gasteiger partial charge in [-0.2, -0.15) is 0 Å². The first kappa shape index (κ1) is 12.3. The molecule has 1 atom stereocenters. The van der Waals surface area contributed by atoms with Crippen LogP contribution in [0.15, 0.2) is 18.2 Å². The summed E-state index contributed by atoms with van der Waals surface area (Å²) < 4.78 is 0. The zero-order chi connectivity index (χ0) is 12.4. The lowest BCUT2D eigenvalue weighted by molar-refractivity contribution is 0.101. The van der Waals surface area contributed by atoms with Crippen LogP contribution in [0.3, 0.4) is 0 Å². The second-order valence-corrected chi connectivity index (χ2v) is 5.45. The standard InChI is InChI=1S/C15H21NO/c1-10(2)6-15-8-13-5-4-12(11(3)17)7-14(13)9-16-15/h4-5,7,10,15-16H,6,8-9H2,1-3H3. The molecule has 0 saturated heterocycles. The second kappa shape index (κ2) is 5.01. The Morgan fingerprint density at radius 1 is 1.41 bits per heavy atom. The number of nitrogens with one attached hydrogen (secondary N) is 1. The monoisotopic (exact) mass is 231 g/mol. The molecule has 0 fully saturated rings. The summed E-state index contributed by atoms with van der Waals surface area (Å²) >= 11 is 0. The number of Topliss-reactive ketones (excluding diaryl/α,β-unsaturated/α-hetero) is 1. The van der Waals surface area contributed by atoms with Gasteiger partial charge >= 0.3 is 0 Å². The molecule has 0 spiro atoms. The summed E-state index contributed by atoms with van der Waals surface area (Å²) in [5, 5.41) is 3.56. The summed E-state index contributed by atoms with van der Waals surface area (Å²) in [6.45, 7) is 7.04. The minimum Gasteiger partial charge on any atom is -0.310 e. The summed E-state index contributed by atoms with van der Waals surface area (Å²) in [5.41, 5.74) is 3.52. The van der Waals surface area contributed by atoms with Crippen molar-refractivity contribution >= 4 is 5.78 Å². The molecular weight excluding hydrogens is 210 g/mol. The average molecular weight is 231 g/mol. The third-order valence-electron chi connectivity index (χ3n) is 3.42. The predicted molar refractivity (Wildman–Crippen MR) is 70.2 cm³/mol. The lowest BCUT2D eigenvalue weighted by Gasteiger charge is -2.27. The summed E-state index contributed by atoms with van der Waals surface area (Å²) in [4.78, 5) is 11.3. The van der Waals surface area contributed by atoms with Gasteiger partial charge in [0, 0.05) is 18.2 Å². The van der Waals surface area contributed by atoms with Crippen molar-refractivity contribution in [2.75, 3.05) is 0 Å². The van der Waals surface area contributed by atoms with Gasteiger partial charge < -0.3 is 5.32 Å². The van der Waals surface area contributed by atoms with Crippen molar-refractivity contribution in [3.05, 3.63) is 34.9 Å². The Morgan fingerprint density at radius 2 is 2.18 bits per heavy atom. The van der Waals surface area contributed by atoms with E-state index < -0.39 is 0 Å². The van der Waals surface area contributed by atoms with Crippen molar-refractivity contribution in [2.45, 2.75) is 46.2 Å². The number of hydrogen-bond acceptors (Lipinski definition) is 2. The lowest BCUT2D eigenvalue weighted by Crippen LogP contribution is -2.36. The third-order valence-corrected chi connectivity index (χ3v) is 3.42. The smallest absolute Gasteiger partial charge is 0.159 e. The first-order valence-corrected chi connectivity index (χ1v) is 6.42. The summed E-state index contributed by atoms with van der Waals surface area (Å²) in [6.07, 6.45) is 2.31. The largest absolute Gasteiger partial charge is 0.310 e. The van der Waals surface area contributed by atoms with Crippen LogP contribution in [0.1, 0.15) is 48.7 Å². The third kappa shape index (κ3) is 2.95. The summed E-state index contributed by atoms with van der Waals surface area (Å²) in [6, 6.07) is 6.71. The highest BCUT2D eigenvalue weighted by atomic mass is 16.1. The molecule has 1 aliphatic heterocycles. The molecule has 2 heteroatoms. The molecule has 0 radical (unpaired) electrons. The van der Waals surface area contributed by atoms with Crippen molar-refractivity contribution in [1.29, 1.82) is 0 Å². The average Bonchev–Trinajstić information content (AvgIpc) is 2.27. The van der Waals surface area contributed by atoms with Crippen LogP contribution in [-0.2, 0) is 13.0 Å². The fraction of sp³-hybridized carbons (Fsp3) is 0.533. The van der Waals surface area contributed by atoms with Crippen LogP contribution in [0.5, 0.6) is 0 Å². The van der Waals surface area contributed by atoms with Crippen molar-refractivity contribution in [3.8, 4) is 0 Å². The van der Waals surface area contributed by atoms with Crippen LogP contribution in [0.25, 0.3) is 0 Å². The zero-order valence-corrected chi connectivity index (χ0v) is 10.9. The molecular formula is C15H21NO. The fourth-order valence-corrected chi connectivity index (χ4v) is 2.54. The molecule has 0 aliphatic carbocycles. The highest BCUT2D eigenvalue weighted by molar-refractivity contribution is 5.94. The van der Waals surface area contributed by atoms with E-state index in [1.54, 1.807) is 6.92 Å². The maximum absolute atomic E-state index is 11.3. The molecule has 0 bridgehead atoms. The first-order chi connectivity index (χ1) is 8.06. The number of fused-ring (bicyclic) bond motifs is 1. The van der Waals surface area contributed by atoms with Gasteiger partial charge in [-0.25, -0.2) is 0 Å². The van der Waals surface area contributed by atoms with E-state index in [9.17, 15) is 4.79 Å². The molecule has 0 aromatic heterocycles. The van der Waals surface area contributed by atoms with E-state index in [2.05, 4.69) is 25.2 Å². The number of ketones is 1. The quantitative estimate of drug-likeness (QED) is 0.810. The van der Waals surface area contributed by atoms with Gasteiger partial charge in [-0.15, -0.1) is 0 Å². The van der Waals surface area contributed by atoms with Gasteiger partial charge in [0.15, 0.2) is 5.78 Å². The van der Waals surface area contributed by atoms with E-state index in [4.69, 9.17) is 0 Å². The molecule has 92 valence electrons. The number of hydrogen-bond donors (Lipinski definition) is 1. The van der Waals surface area contributed by atoms with E-state index in [1.165, 1.54) is 17.5 Å². The topological polar surface area (TPSA) is 29.1 Å². The van der Waals surface area contributed by atoms with Crippen LogP contribution >= 0.6 is 0 Å². The molecule has 0 amide bonds. The van der Waals surface area contributed by atoms with Crippen molar-refractivity contribution in [2.24, 2.45) is 5.92 Å². The van der Waals surface area contributed by atoms with Gasteiger partial charge in [0.1, 0.15) is 0 Å². The normalized spacial score (nSPS) is 19.2. The van der Waals surface area contributed by atoms with Crippen LogP contribution in [-0.4, -0.2) is 11.8 Å². The summed E-state index contributed by atoms with van der Waals surface area (Å²) in [5.74, 6) is 0.877. The Morgan fingerprint density at radius 3 is 2.82 bits per heavy atom. The van der Waals surface area contributed by atoms with Gasteiger partial charge in [0.2, 0.25) is 0 Å². The van der Waals surface area contributed by atoms with E-state index in [1.807, 2.05) is 12.1 Å². The molecule has 1 N–H and O–H groups in total. The second-order valence-electron chi connectivity index (χ2n) is 5.45. The molecule has 2 rings (SSSR count). The van der Waals surface area contributed by atoms with Gasteiger partial charge in [-0.3, -0.25) is 4.79 Å². The van der Waals surface area contributed by atoms with Crippen LogP contribution in [0.4, 0.5) is 0 Å². The predicted octanol–water partition coefficient (Wildman–Crippen LogP) is 2.95. The number of carbonyl (C=O) groups excluding carboxylic acids is 1. The van der Waals surface area contributed by atoms with Crippen molar-refractivity contribution in [1.82, 2.24) is 5.32 Å². The van der Waals surface area contributed by atoms with E-state index in [0.29, 0.717) is 6.04 Å². The minimum atomic E-state index is 0.150. The highest BCUT2D eigenvalue weighted by Crippen LogP contribution is 2.21. The minimum absolute atomic E-state index is 0.150. The Bertz CT molecular complexity index is 423. The Labute approximate surface area is 103 Å². The molecule has 1 aromatic carbocycles. The van der Waals surface area contributed by atoms with E-state index >= 15 is 0 Å². The van der Waals surface area contributed by atoms with Gasteiger partial charge in [-0.1, -0.05) is 26.0 Å². The number of benzene rings is 1. The van der Waals surface area contributed by atoms with Gasteiger partial charge in [0.25, 0.3) is 0 Å². The van der Waals surface area contributed by atoms with Crippen molar-refractivity contribution in [3.63, 3.8) is 0 Å². The zero-order valence-electron chi connectivity index (χ0n) is 10.9. The van der Waals surface area contributed by atoms with Crippen molar-refractivity contribution < 1.29 is 4.79 Å². The van der Waals surface area contributed by atoms with Crippen LogP contribution in [0.2, 0.25) is 0 Å². The van der Waals surface area contributed by atoms with Gasteiger partial charge in [-0.05, 0) is 42.9 Å². The maximum Gasteiger partial charge on any atom is 0.159 e. The maximum atomic E-state index is 11.3. The lowest BCUT2D eigenvalue weighted by atomic mass is 9.90. The van der Waals surface area contributed by atoms with E-state index in [0.717, 1.165) is 24.4 Å². The Balaban J connectivity index is 2.14. The molecule has 0 saturated carbocycles. The molecule has 1 heterocycles. The summed E-state index contributed by atoms with van der Waals surface area (Å²) in [7, 11) is 0. The Hall–Kier alpha value is -1.15. The SMILES string of the molecule is CC(=O)c1ccc2c(c1)CNC(CC(C)C)C2. The molecule has 1 aromatic rings. The van der Waals surface area contributed by atoms with Gasteiger partial charge in [0.05, 0.1) is 0 Å². The van der Waals surface area contributed by atoms with E-state index in [-0.39, 0.29) is 5.78 Å². The fourth-order valence-electron chi connectivity index (χ4n) is 2.54. The molecule has 2 nitrogen and oxygen atoms in total. The highest BCUT2D eigenvalue weighted by Gasteiger charge is 2.19. The number of rotatable bonds is 3. The molecule has 1 unspecified atom stereocenters. The molecule has 1 aliphatic rings.